The van der Waals surface area contributed by atoms with E-state index in [1.165, 1.54) is 12.8 Å². The molecule has 1 fully saturated rings. The maximum Gasteiger partial charge on any atom is 0.323 e. The maximum atomic E-state index is 11.7. The van der Waals surface area contributed by atoms with Crippen LogP contribution in [-0.4, -0.2) is 47.2 Å². The Morgan fingerprint density at radius 2 is 2.16 bits per heavy atom. The van der Waals surface area contributed by atoms with Gasteiger partial charge in [-0.1, -0.05) is 27.2 Å². The van der Waals surface area contributed by atoms with Crippen molar-refractivity contribution < 1.29 is 9.90 Å². The topological polar surface area (TPSA) is 52.6 Å². The van der Waals surface area contributed by atoms with Crippen molar-refractivity contribution in [3.05, 3.63) is 0 Å². The first-order valence-corrected chi connectivity index (χ1v) is 7.82. The molecule has 1 rings (SSSR count). The number of hydrogen-bond acceptors (Lipinski definition) is 3. The standard InChI is InChI=1S/C15H30N2O2/c1-4-7-11-17(6-3)13-9-8-10-15(12-13,14(18)19)16-5-2/h13,16H,4-12H2,1-3H3,(H,18,19). The van der Waals surface area contributed by atoms with Gasteiger partial charge in [0.1, 0.15) is 5.54 Å². The lowest BCUT2D eigenvalue weighted by molar-refractivity contribution is -0.147. The van der Waals surface area contributed by atoms with Crippen LogP contribution in [0.2, 0.25) is 0 Å². The molecule has 4 heteroatoms. The smallest absolute Gasteiger partial charge is 0.323 e. The van der Waals surface area contributed by atoms with Crippen molar-refractivity contribution in [1.82, 2.24) is 10.2 Å². The summed E-state index contributed by atoms with van der Waals surface area (Å²) in [5, 5.41) is 12.8. The highest BCUT2D eigenvalue weighted by Gasteiger charge is 2.43. The van der Waals surface area contributed by atoms with Gasteiger partial charge in [-0.2, -0.15) is 0 Å². The Balaban J connectivity index is 2.72. The van der Waals surface area contributed by atoms with Crippen LogP contribution in [0.25, 0.3) is 0 Å². The molecule has 0 aromatic rings. The number of hydrogen-bond donors (Lipinski definition) is 2. The predicted octanol–water partition coefficient (Wildman–Crippen LogP) is 2.48. The van der Waals surface area contributed by atoms with Gasteiger partial charge in [0.05, 0.1) is 0 Å². The molecule has 0 bridgehead atoms. The summed E-state index contributed by atoms with van der Waals surface area (Å²) in [6.45, 7) is 9.21. The van der Waals surface area contributed by atoms with E-state index in [0.29, 0.717) is 6.04 Å². The van der Waals surface area contributed by atoms with Crippen LogP contribution >= 0.6 is 0 Å². The summed E-state index contributed by atoms with van der Waals surface area (Å²) >= 11 is 0. The molecule has 0 heterocycles. The van der Waals surface area contributed by atoms with Gasteiger partial charge in [-0.25, -0.2) is 0 Å². The number of carboxylic acid groups (broad SMARTS) is 1. The zero-order chi connectivity index (χ0) is 14.3. The summed E-state index contributed by atoms with van der Waals surface area (Å²) in [6, 6.07) is 0.417. The van der Waals surface area contributed by atoms with E-state index < -0.39 is 11.5 Å². The van der Waals surface area contributed by atoms with Gasteiger partial charge < -0.3 is 15.3 Å². The lowest BCUT2D eigenvalue weighted by Crippen LogP contribution is -2.58. The molecular weight excluding hydrogens is 240 g/mol. The Morgan fingerprint density at radius 3 is 2.68 bits per heavy atom. The molecule has 1 aliphatic rings. The van der Waals surface area contributed by atoms with E-state index in [-0.39, 0.29) is 0 Å². The number of carbonyl (C=O) groups is 1. The summed E-state index contributed by atoms with van der Waals surface area (Å²) in [5.74, 6) is -0.675. The fraction of sp³-hybridized carbons (Fsp3) is 0.933. The molecule has 0 spiro atoms. The second kappa shape index (κ2) is 7.85. The summed E-state index contributed by atoms with van der Waals surface area (Å²) in [7, 11) is 0. The number of nitrogens with one attached hydrogen (secondary N) is 1. The molecule has 0 aromatic carbocycles. The van der Waals surface area contributed by atoms with Gasteiger partial charge in [-0.05, 0) is 51.7 Å². The third-order valence-corrected chi connectivity index (χ3v) is 4.37. The highest BCUT2D eigenvalue weighted by atomic mass is 16.4. The molecule has 4 nitrogen and oxygen atoms in total. The maximum absolute atomic E-state index is 11.7. The molecule has 1 saturated carbocycles. The van der Waals surface area contributed by atoms with E-state index in [9.17, 15) is 9.90 Å². The second-order valence-corrected chi connectivity index (χ2v) is 5.65. The highest BCUT2D eigenvalue weighted by molar-refractivity contribution is 5.79. The fourth-order valence-corrected chi connectivity index (χ4v) is 3.29. The minimum Gasteiger partial charge on any atom is -0.480 e. The first-order valence-electron chi connectivity index (χ1n) is 7.82. The number of aliphatic carboxylic acids is 1. The van der Waals surface area contributed by atoms with Crippen LogP contribution in [0.1, 0.15) is 59.3 Å². The number of nitrogens with zero attached hydrogens (tertiary/aromatic N) is 1. The van der Waals surface area contributed by atoms with Crippen molar-refractivity contribution in [3.8, 4) is 0 Å². The van der Waals surface area contributed by atoms with Gasteiger partial charge in [0.25, 0.3) is 0 Å². The zero-order valence-corrected chi connectivity index (χ0v) is 12.7. The zero-order valence-electron chi connectivity index (χ0n) is 12.7. The third-order valence-electron chi connectivity index (χ3n) is 4.37. The Labute approximate surface area is 117 Å². The van der Waals surface area contributed by atoms with Crippen LogP contribution in [-0.2, 0) is 4.79 Å². The van der Waals surface area contributed by atoms with Crippen LogP contribution in [0.3, 0.4) is 0 Å². The second-order valence-electron chi connectivity index (χ2n) is 5.65. The minimum absolute atomic E-state index is 0.417. The lowest BCUT2D eigenvalue weighted by Gasteiger charge is -2.42. The van der Waals surface area contributed by atoms with Crippen LogP contribution in [0.15, 0.2) is 0 Å². The van der Waals surface area contributed by atoms with Crippen molar-refractivity contribution in [2.24, 2.45) is 0 Å². The van der Waals surface area contributed by atoms with Crippen molar-refractivity contribution in [2.45, 2.75) is 70.9 Å². The van der Waals surface area contributed by atoms with Gasteiger partial charge in [-0.3, -0.25) is 4.79 Å². The number of unbranched alkanes of at least 4 members (excludes halogenated alkanes) is 1. The summed E-state index contributed by atoms with van der Waals surface area (Å²) in [4.78, 5) is 14.1. The average Bonchev–Trinajstić information content (AvgIpc) is 2.40. The number of rotatable bonds is 8. The molecular formula is C15H30N2O2. The van der Waals surface area contributed by atoms with Crippen molar-refractivity contribution in [3.63, 3.8) is 0 Å². The van der Waals surface area contributed by atoms with E-state index in [2.05, 4.69) is 24.1 Å². The molecule has 2 atom stereocenters. The quantitative estimate of drug-likeness (QED) is 0.711. The Morgan fingerprint density at radius 1 is 1.42 bits per heavy atom. The third kappa shape index (κ3) is 4.18. The molecule has 2 N–H and O–H groups in total. The molecule has 0 saturated heterocycles. The van der Waals surface area contributed by atoms with Crippen LogP contribution in [0.5, 0.6) is 0 Å². The number of likely N-dealkylation sites (N-methyl/N-ethyl adjacent to an activating group) is 1. The summed E-state index contributed by atoms with van der Waals surface area (Å²) in [5.41, 5.74) is -0.697. The first kappa shape index (κ1) is 16.4. The van der Waals surface area contributed by atoms with Crippen LogP contribution in [0, 0.1) is 0 Å². The molecule has 1 aliphatic carbocycles. The monoisotopic (exact) mass is 270 g/mol. The van der Waals surface area contributed by atoms with Gasteiger partial charge in [0.2, 0.25) is 0 Å². The fourth-order valence-electron chi connectivity index (χ4n) is 3.29. The highest BCUT2D eigenvalue weighted by Crippen LogP contribution is 2.31. The molecule has 2 unspecified atom stereocenters. The molecule has 0 radical (unpaired) electrons. The number of carboxylic acids is 1. The summed E-state index contributed by atoms with van der Waals surface area (Å²) in [6.07, 6.45) is 6.04. The molecule has 0 aromatic heterocycles. The predicted molar refractivity (Wildman–Crippen MR) is 78.5 cm³/mol. The van der Waals surface area contributed by atoms with E-state index in [0.717, 1.165) is 45.3 Å². The van der Waals surface area contributed by atoms with E-state index in [1.807, 2.05) is 6.92 Å². The van der Waals surface area contributed by atoms with E-state index in [4.69, 9.17) is 0 Å². The van der Waals surface area contributed by atoms with Gasteiger partial charge in [0, 0.05) is 6.04 Å². The molecule has 0 amide bonds. The van der Waals surface area contributed by atoms with E-state index in [1.54, 1.807) is 0 Å². The van der Waals surface area contributed by atoms with E-state index >= 15 is 0 Å². The molecule has 112 valence electrons. The Kier molecular flexibility index (Phi) is 6.80. The Bertz CT molecular complexity index is 279. The van der Waals surface area contributed by atoms with Crippen molar-refractivity contribution in [2.75, 3.05) is 19.6 Å². The Hall–Kier alpha value is -0.610. The van der Waals surface area contributed by atoms with Gasteiger partial charge in [0.15, 0.2) is 0 Å². The molecule has 19 heavy (non-hydrogen) atoms. The normalized spacial score (nSPS) is 27.7. The minimum atomic E-state index is -0.697. The SMILES string of the molecule is CCCCN(CC)C1CCCC(NCC)(C(=O)O)C1. The first-order chi connectivity index (χ1) is 9.09. The van der Waals surface area contributed by atoms with Gasteiger partial charge in [-0.15, -0.1) is 0 Å². The average molecular weight is 270 g/mol. The summed E-state index contributed by atoms with van der Waals surface area (Å²) < 4.78 is 0. The lowest BCUT2D eigenvalue weighted by atomic mass is 9.78. The van der Waals surface area contributed by atoms with Crippen molar-refractivity contribution in [1.29, 1.82) is 0 Å². The van der Waals surface area contributed by atoms with Crippen LogP contribution < -0.4 is 5.32 Å². The van der Waals surface area contributed by atoms with Crippen LogP contribution in [0.4, 0.5) is 0 Å². The largest absolute Gasteiger partial charge is 0.480 e. The molecule has 0 aliphatic heterocycles. The van der Waals surface area contributed by atoms with Gasteiger partial charge >= 0.3 is 5.97 Å². The van der Waals surface area contributed by atoms with Crippen molar-refractivity contribution >= 4 is 5.97 Å².